The molecule has 0 bridgehead atoms. The summed E-state index contributed by atoms with van der Waals surface area (Å²) in [6.07, 6.45) is 2.76. The Kier molecular flexibility index (Phi) is 5.35. The predicted molar refractivity (Wildman–Crippen MR) is 98.6 cm³/mol. The number of hydrogen-bond donors (Lipinski definition) is 1. The van der Waals surface area contributed by atoms with Gasteiger partial charge in [-0.25, -0.2) is 0 Å². The van der Waals surface area contributed by atoms with Gasteiger partial charge in [0.2, 0.25) is 0 Å². The number of fused-ring (bicyclic) bond motifs is 1. The first kappa shape index (κ1) is 18.4. The van der Waals surface area contributed by atoms with Crippen LogP contribution in [0.1, 0.15) is 15.9 Å². The zero-order valence-corrected chi connectivity index (χ0v) is 14.4. The van der Waals surface area contributed by atoms with Gasteiger partial charge in [-0.05, 0) is 35.2 Å². The molecule has 6 heteroatoms. The Morgan fingerprint density at radius 3 is 2.63 bits per heavy atom. The quantitative estimate of drug-likeness (QED) is 0.487. The van der Waals surface area contributed by atoms with Crippen molar-refractivity contribution in [2.75, 3.05) is 7.11 Å². The summed E-state index contributed by atoms with van der Waals surface area (Å²) in [6, 6.07) is 14.6. The van der Waals surface area contributed by atoms with Crippen LogP contribution >= 0.6 is 0 Å². The first-order valence-corrected chi connectivity index (χ1v) is 8.05. The fourth-order valence-corrected chi connectivity index (χ4v) is 2.71. The molecule has 138 valence electrons. The average molecular weight is 370 g/mol. The number of phenolic OH excluding ortho intramolecular Hbond substituents is 1. The fourth-order valence-electron chi connectivity index (χ4n) is 2.71. The van der Waals surface area contributed by atoms with Crippen LogP contribution in [0.25, 0.3) is 16.8 Å². The van der Waals surface area contributed by atoms with Gasteiger partial charge in [0.15, 0.2) is 17.3 Å². The van der Waals surface area contributed by atoms with Crippen LogP contribution in [0.2, 0.25) is 0 Å². The average Bonchev–Trinajstić information content (AvgIpc) is 2.67. The van der Waals surface area contributed by atoms with Gasteiger partial charge < -0.3 is 14.6 Å². The number of ketones is 1. The number of rotatable bonds is 6. The molecule has 4 nitrogen and oxygen atoms in total. The molecule has 0 spiro atoms. The van der Waals surface area contributed by atoms with Gasteiger partial charge in [0.25, 0.3) is 0 Å². The summed E-state index contributed by atoms with van der Waals surface area (Å²) in [7, 11) is 1.41. The number of carbonyl (C=O) groups is 1. The third kappa shape index (κ3) is 4.06. The van der Waals surface area contributed by atoms with Crippen LogP contribution in [0, 0.1) is 0 Å². The summed E-state index contributed by atoms with van der Waals surface area (Å²) in [5.74, 6) is -0.398. The van der Waals surface area contributed by atoms with Crippen LogP contribution in [0.3, 0.4) is 0 Å². The Labute approximate surface area is 154 Å². The van der Waals surface area contributed by atoms with Crippen molar-refractivity contribution >= 4 is 22.6 Å². The molecule has 0 aliphatic carbocycles. The summed E-state index contributed by atoms with van der Waals surface area (Å²) >= 11 is 0. The molecule has 0 aliphatic rings. The van der Waals surface area contributed by atoms with Crippen LogP contribution in [-0.4, -0.2) is 24.6 Å². The van der Waals surface area contributed by atoms with E-state index in [4.69, 9.17) is 4.74 Å². The molecular formula is C21H16F2O4. The van der Waals surface area contributed by atoms with Crippen molar-refractivity contribution in [2.45, 2.75) is 6.61 Å². The second kappa shape index (κ2) is 7.86. The van der Waals surface area contributed by atoms with E-state index in [1.54, 1.807) is 42.5 Å². The molecule has 0 saturated carbocycles. The lowest BCUT2D eigenvalue weighted by Crippen LogP contribution is -2.07. The van der Waals surface area contributed by atoms with Crippen molar-refractivity contribution < 1.29 is 28.2 Å². The van der Waals surface area contributed by atoms with Crippen molar-refractivity contribution in [1.82, 2.24) is 0 Å². The molecule has 0 aliphatic heterocycles. The topological polar surface area (TPSA) is 55.8 Å². The van der Waals surface area contributed by atoms with E-state index in [9.17, 15) is 18.7 Å². The number of carbonyl (C=O) groups excluding carboxylic acids is 1. The van der Waals surface area contributed by atoms with Crippen molar-refractivity contribution in [2.24, 2.45) is 0 Å². The summed E-state index contributed by atoms with van der Waals surface area (Å²) in [4.78, 5) is 12.6. The van der Waals surface area contributed by atoms with Crippen molar-refractivity contribution in [3.63, 3.8) is 0 Å². The number of allylic oxidation sites excluding steroid dienone is 1. The van der Waals surface area contributed by atoms with Gasteiger partial charge in [-0.15, -0.1) is 0 Å². The molecular weight excluding hydrogens is 354 g/mol. The summed E-state index contributed by atoms with van der Waals surface area (Å²) in [5.41, 5.74) is 0.645. The highest BCUT2D eigenvalue weighted by Gasteiger charge is 2.17. The minimum absolute atomic E-state index is 0.0249. The minimum atomic E-state index is -3.05. The molecule has 0 unspecified atom stereocenters. The fraction of sp³-hybridized carbons (Fsp3) is 0.0952. The number of aromatic hydroxyl groups is 1. The highest BCUT2D eigenvalue weighted by molar-refractivity contribution is 6.12. The Bertz CT molecular complexity index is 1010. The van der Waals surface area contributed by atoms with Crippen molar-refractivity contribution in [3.05, 3.63) is 71.8 Å². The predicted octanol–water partition coefficient (Wildman–Crippen LogP) is 5.05. The standard InChI is InChI=1S/C21H16F2O4/c1-26-19-12-13(7-11-18(19)25)6-10-17(24)16-9-8-14-4-2-3-5-15(14)20(16)27-21(22)23/h2-12,21,25H,1H3/b10-6+. The lowest BCUT2D eigenvalue weighted by Gasteiger charge is -2.12. The van der Waals surface area contributed by atoms with Gasteiger partial charge in [0, 0.05) is 5.39 Å². The summed E-state index contributed by atoms with van der Waals surface area (Å²) < 4.78 is 35.4. The lowest BCUT2D eigenvalue weighted by molar-refractivity contribution is -0.0490. The molecule has 0 saturated heterocycles. The van der Waals surface area contributed by atoms with Crippen LogP contribution in [0.5, 0.6) is 17.2 Å². The van der Waals surface area contributed by atoms with Gasteiger partial charge in [-0.1, -0.05) is 42.5 Å². The van der Waals surface area contributed by atoms with Crippen molar-refractivity contribution in [3.8, 4) is 17.2 Å². The van der Waals surface area contributed by atoms with E-state index in [0.717, 1.165) is 0 Å². The molecule has 3 aromatic carbocycles. The second-order valence-electron chi connectivity index (χ2n) is 5.67. The van der Waals surface area contributed by atoms with Gasteiger partial charge in [0.1, 0.15) is 5.75 Å². The molecule has 27 heavy (non-hydrogen) atoms. The number of benzene rings is 3. The summed E-state index contributed by atoms with van der Waals surface area (Å²) in [5, 5.41) is 10.7. The largest absolute Gasteiger partial charge is 0.504 e. The van der Waals surface area contributed by atoms with E-state index in [2.05, 4.69) is 4.74 Å². The molecule has 0 aromatic heterocycles. The maximum absolute atomic E-state index is 12.9. The van der Waals surface area contributed by atoms with E-state index < -0.39 is 12.4 Å². The molecule has 3 rings (SSSR count). The number of hydrogen-bond acceptors (Lipinski definition) is 4. The highest BCUT2D eigenvalue weighted by atomic mass is 19.3. The zero-order valence-electron chi connectivity index (χ0n) is 14.4. The van der Waals surface area contributed by atoms with E-state index in [1.807, 2.05) is 0 Å². The zero-order chi connectivity index (χ0) is 19.4. The van der Waals surface area contributed by atoms with E-state index in [1.165, 1.54) is 31.4 Å². The van der Waals surface area contributed by atoms with E-state index >= 15 is 0 Å². The molecule has 0 atom stereocenters. The number of alkyl halides is 2. The number of methoxy groups -OCH3 is 1. The van der Waals surface area contributed by atoms with Gasteiger partial charge in [-0.3, -0.25) is 4.79 Å². The molecule has 0 heterocycles. The number of phenols is 1. The third-order valence-electron chi connectivity index (χ3n) is 3.98. The lowest BCUT2D eigenvalue weighted by atomic mass is 10.0. The van der Waals surface area contributed by atoms with E-state index in [0.29, 0.717) is 16.3 Å². The third-order valence-corrected chi connectivity index (χ3v) is 3.98. The summed E-state index contributed by atoms with van der Waals surface area (Å²) in [6.45, 7) is -3.05. The first-order valence-electron chi connectivity index (χ1n) is 8.05. The van der Waals surface area contributed by atoms with Crippen LogP contribution < -0.4 is 9.47 Å². The first-order chi connectivity index (χ1) is 13.0. The van der Waals surface area contributed by atoms with Crippen LogP contribution in [-0.2, 0) is 0 Å². The van der Waals surface area contributed by atoms with Gasteiger partial charge in [-0.2, -0.15) is 8.78 Å². The maximum atomic E-state index is 12.9. The Balaban J connectivity index is 1.97. The second-order valence-corrected chi connectivity index (χ2v) is 5.67. The van der Waals surface area contributed by atoms with Gasteiger partial charge >= 0.3 is 6.61 Å². The molecule has 0 radical (unpaired) electrons. The SMILES string of the molecule is COc1cc(/C=C/C(=O)c2ccc3ccccc3c2OC(F)F)ccc1O. The molecule has 0 fully saturated rings. The highest BCUT2D eigenvalue weighted by Crippen LogP contribution is 2.32. The monoisotopic (exact) mass is 370 g/mol. The molecule has 3 aromatic rings. The van der Waals surface area contributed by atoms with Crippen molar-refractivity contribution in [1.29, 1.82) is 0 Å². The molecule has 1 N–H and O–H groups in total. The van der Waals surface area contributed by atoms with E-state index in [-0.39, 0.29) is 22.8 Å². The smallest absolute Gasteiger partial charge is 0.387 e. The number of ether oxygens (including phenoxy) is 2. The Morgan fingerprint density at radius 2 is 1.89 bits per heavy atom. The number of halogens is 2. The Morgan fingerprint density at radius 1 is 1.11 bits per heavy atom. The normalized spacial score (nSPS) is 11.3. The van der Waals surface area contributed by atoms with Crippen LogP contribution in [0.15, 0.2) is 60.7 Å². The molecule has 0 amide bonds. The maximum Gasteiger partial charge on any atom is 0.387 e. The van der Waals surface area contributed by atoms with Gasteiger partial charge in [0.05, 0.1) is 12.7 Å². The Hall–Kier alpha value is -3.41. The van der Waals surface area contributed by atoms with Crippen LogP contribution in [0.4, 0.5) is 8.78 Å². The minimum Gasteiger partial charge on any atom is -0.504 e.